The summed E-state index contributed by atoms with van der Waals surface area (Å²) in [5.74, 6) is -8.22. The van der Waals surface area contributed by atoms with Crippen LogP contribution in [0.2, 0.25) is 191 Å². The van der Waals surface area contributed by atoms with E-state index >= 15 is 38.4 Å². The van der Waals surface area contributed by atoms with Gasteiger partial charge in [-0.05, 0) is 272 Å². The highest BCUT2D eigenvalue weighted by atomic mass is 28.4. The third-order valence-corrected chi connectivity index (χ3v) is 52.2. The fourth-order valence-corrected chi connectivity index (χ4v) is 24.5. The lowest BCUT2D eigenvalue weighted by Crippen LogP contribution is -2.52. The molecule has 0 aromatic carbocycles. The third-order valence-electron chi connectivity index (χ3n) is 27.1. The molecule has 0 radical (unpaired) electrons. The smallest absolute Gasteiger partial charge is 0.311 e. The Hall–Kier alpha value is -3.53. The second-order valence-electron chi connectivity index (χ2n) is 46.3. The van der Waals surface area contributed by atoms with Crippen LogP contribution in [0.4, 0.5) is 0 Å². The molecule has 0 rings (SSSR count). The zero-order chi connectivity index (χ0) is 102. The van der Waals surface area contributed by atoms with Crippen LogP contribution in [0.1, 0.15) is 141 Å². The molecule has 0 aromatic rings. The average Bonchev–Trinajstić information content (AvgIpc) is 0.749. The molecule has 768 valence electrons. The van der Waals surface area contributed by atoms with Gasteiger partial charge in [0.2, 0.25) is 0 Å². The third kappa shape index (κ3) is 44.2. The first kappa shape index (κ1) is 127. The summed E-state index contributed by atoms with van der Waals surface area (Å²) in [6, 6.07) is 3.40. The lowest BCUT2D eigenvalue weighted by Gasteiger charge is -2.47. The van der Waals surface area contributed by atoms with E-state index in [1.54, 1.807) is 154 Å². The Morgan fingerprint density at radius 2 is 0.237 bits per heavy atom. The van der Waals surface area contributed by atoms with Crippen LogP contribution < -0.4 is 0 Å². The van der Waals surface area contributed by atoms with Crippen molar-refractivity contribution >= 4 is 143 Å². The molecule has 0 saturated carbocycles. The molecule has 0 saturated heterocycles. The van der Waals surface area contributed by atoms with Gasteiger partial charge in [-0.3, -0.25) is 47.9 Å². The Kier molecular flexibility index (Phi) is 50.7. The van der Waals surface area contributed by atoms with Gasteiger partial charge in [-0.1, -0.05) is 0 Å². The molecule has 8 atom stereocenters. The zero-order valence-corrected chi connectivity index (χ0v) is 99.8. The molecular formula is C91H184O30Si10. The fourth-order valence-electron chi connectivity index (χ4n) is 16.5. The van der Waals surface area contributed by atoms with Gasteiger partial charge in [0, 0.05) is 132 Å². The summed E-state index contributed by atoms with van der Waals surface area (Å²) in [6.07, 6.45) is -4.42. The molecule has 0 bridgehead atoms. The van der Waals surface area contributed by atoms with Crippen LogP contribution in [-0.4, -0.2) is 280 Å². The number of esters is 10. The molecule has 0 aliphatic heterocycles. The van der Waals surface area contributed by atoms with Crippen LogP contribution in [0.5, 0.6) is 0 Å². The van der Waals surface area contributed by atoms with Gasteiger partial charge >= 0.3 is 59.7 Å². The summed E-state index contributed by atoms with van der Waals surface area (Å²) in [6.45, 7) is 57.2. The number of carbonyl (C=O) groups excluding carboxylic acids is 10. The molecule has 0 fully saturated rings. The molecule has 0 aliphatic rings. The maximum Gasteiger partial charge on any atom is 0.311 e. The second kappa shape index (κ2) is 52.1. The standard InChI is InChI=1S/C91H184O30Si10/c1-82(2,72(92)112-43-53-122(23,24)102-13)63-84(5,74(94)114-45-55-124(27,28)104-15)65-86(7,76(96)116-47-57-126(31,32)106-17)67-88(9,78(98)118-49-59-128(35,36)108-19)69-90(11,80(100)120-51-61-130(39,40)110-21)71-91(12,81(101)121-52-62-131(41,42)111-22)70-89(10,79(99)119-50-60-129(37,38)109-20)68-87(8,77(97)117-48-58-127(33,34)107-18)66-85(6,75(95)115-46-56-125(29,30)105-16)64-83(3,4)73(93)113-44-54-123(25,26)103-14/h43-71H2,1-42H3. The van der Waals surface area contributed by atoms with E-state index in [1.807, 2.05) is 131 Å². The highest BCUT2D eigenvalue weighted by Crippen LogP contribution is 2.58. The van der Waals surface area contributed by atoms with Crippen molar-refractivity contribution in [3.05, 3.63) is 0 Å². The zero-order valence-electron chi connectivity index (χ0n) is 89.8. The molecule has 40 heteroatoms. The highest BCUT2D eigenvalue weighted by molar-refractivity contribution is 6.74. The summed E-state index contributed by atoms with van der Waals surface area (Å²) >= 11 is 0. The van der Waals surface area contributed by atoms with E-state index in [4.69, 9.17) is 91.6 Å². The van der Waals surface area contributed by atoms with E-state index in [-0.39, 0.29) is 103 Å². The van der Waals surface area contributed by atoms with Crippen LogP contribution in [-0.2, 0) is 140 Å². The van der Waals surface area contributed by atoms with Gasteiger partial charge < -0.3 is 91.6 Å². The van der Waals surface area contributed by atoms with Gasteiger partial charge in [-0.15, -0.1) is 0 Å². The molecule has 0 amide bonds. The Bertz CT molecular complexity index is 3420. The van der Waals surface area contributed by atoms with Crippen LogP contribution in [0.3, 0.4) is 0 Å². The van der Waals surface area contributed by atoms with Crippen molar-refractivity contribution in [2.45, 2.75) is 332 Å². The van der Waals surface area contributed by atoms with E-state index in [9.17, 15) is 9.59 Å². The number of carbonyl (C=O) groups is 10. The summed E-state index contributed by atoms with van der Waals surface area (Å²) in [5.41, 5.74) is -19.0. The van der Waals surface area contributed by atoms with Gasteiger partial charge in [0.05, 0.1) is 120 Å². The minimum atomic E-state index is -2.59. The molecule has 30 nitrogen and oxygen atoms in total. The largest absolute Gasteiger partial charge is 0.465 e. The lowest BCUT2D eigenvalue weighted by molar-refractivity contribution is -0.176. The number of ether oxygens (including phenoxy) is 10. The Labute approximate surface area is 801 Å². The van der Waals surface area contributed by atoms with Crippen molar-refractivity contribution in [2.75, 3.05) is 137 Å². The number of hydrogen-bond acceptors (Lipinski definition) is 30. The molecule has 0 aliphatic carbocycles. The second-order valence-corrected chi connectivity index (χ2v) is 90.6. The van der Waals surface area contributed by atoms with E-state index in [1.165, 1.54) is 0 Å². The van der Waals surface area contributed by atoms with Crippen LogP contribution in [0.15, 0.2) is 0 Å². The first-order valence-electron chi connectivity index (χ1n) is 46.5. The van der Waals surface area contributed by atoms with Crippen molar-refractivity contribution in [2.24, 2.45) is 54.1 Å². The molecular weight excluding hydrogens is 1850 g/mol. The SMILES string of the molecule is CO[Si](C)(C)CCOC(=O)C(C)(C)CC(C)(CC(C)(CC(C)(CC(C)(CC(C)(CC(C)(CC(C)(CC(C)(CC(C)(C)C(=O)OCC[Si](C)(C)OC)C(=O)OCC[Si](C)(C)OC)C(=O)OCC[Si](C)(C)OC)C(=O)OCC[Si](C)(C)OC)C(=O)OCC[Si](C)(C)OC)C(=O)OCC[Si](C)(C)OC)C(=O)OCC[Si](C)(C)OC)C(=O)OCC[Si](C)(C)OC)C(=O)OCC[Si](C)(C)OC. The Morgan fingerprint density at radius 3 is 0.328 bits per heavy atom. The monoisotopic (exact) mass is 2040 g/mol. The van der Waals surface area contributed by atoms with Crippen molar-refractivity contribution in [3.63, 3.8) is 0 Å². The molecule has 131 heavy (non-hydrogen) atoms. The number of rotatable bonds is 68. The van der Waals surface area contributed by atoms with Gasteiger partial charge in [-0.25, -0.2) is 0 Å². The predicted molar refractivity (Wildman–Crippen MR) is 537 cm³/mol. The summed E-state index contributed by atoms with van der Waals surface area (Å²) < 4.78 is 123. The van der Waals surface area contributed by atoms with E-state index in [0.717, 1.165) is 0 Å². The van der Waals surface area contributed by atoms with Crippen molar-refractivity contribution in [3.8, 4) is 0 Å². The molecule has 0 spiro atoms. The first-order chi connectivity index (χ1) is 59.2. The lowest BCUT2D eigenvalue weighted by atomic mass is 9.56. The van der Waals surface area contributed by atoms with Crippen molar-refractivity contribution in [1.82, 2.24) is 0 Å². The van der Waals surface area contributed by atoms with Gasteiger partial charge in [-0.2, -0.15) is 0 Å². The molecule has 8 unspecified atom stereocenters. The molecule has 0 N–H and O–H groups in total. The summed E-state index contributed by atoms with van der Waals surface area (Å²) in [7, 11) is -8.72. The highest BCUT2D eigenvalue weighted by Gasteiger charge is 2.62. The van der Waals surface area contributed by atoms with E-state index in [2.05, 4.69) is 0 Å². The van der Waals surface area contributed by atoms with Gasteiger partial charge in [0.1, 0.15) is 0 Å². The fraction of sp³-hybridized carbons (Fsp3) is 0.890. The Morgan fingerprint density at radius 1 is 0.153 bits per heavy atom. The molecule has 0 aromatic heterocycles. The van der Waals surface area contributed by atoms with Crippen LogP contribution in [0, 0.1) is 54.1 Å². The Balaban J connectivity index is 10.8. The van der Waals surface area contributed by atoms with E-state index in [0.29, 0.717) is 36.3 Å². The van der Waals surface area contributed by atoms with Crippen LogP contribution in [0.25, 0.3) is 0 Å². The van der Waals surface area contributed by atoms with E-state index < -0.39 is 242 Å². The van der Waals surface area contributed by atoms with Crippen molar-refractivity contribution < 1.29 is 140 Å². The number of hydrogen-bond donors (Lipinski definition) is 0. The minimum absolute atomic E-state index is 0.0193. The van der Waals surface area contributed by atoms with Gasteiger partial charge in [0.25, 0.3) is 0 Å². The molecule has 0 heterocycles. The predicted octanol–water partition coefficient (Wildman–Crippen LogP) is 18.5. The normalized spacial score (nSPS) is 16.9. The first-order valence-corrected chi connectivity index (χ1v) is 77.6. The summed E-state index contributed by atoms with van der Waals surface area (Å²) in [4.78, 5) is 160. The summed E-state index contributed by atoms with van der Waals surface area (Å²) in [5, 5.41) is 0. The topological polar surface area (TPSA) is 355 Å². The van der Waals surface area contributed by atoms with Gasteiger partial charge in [0.15, 0.2) is 83.2 Å². The maximum atomic E-state index is 16.7. The minimum Gasteiger partial charge on any atom is -0.465 e. The quantitative estimate of drug-likeness (QED) is 0.0310. The average molecular weight is 2040 g/mol. The maximum absolute atomic E-state index is 16.7. The van der Waals surface area contributed by atoms with Crippen LogP contribution >= 0.6 is 0 Å². The van der Waals surface area contributed by atoms with Crippen molar-refractivity contribution in [1.29, 1.82) is 0 Å².